The topological polar surface area (TPSA) is 64.1 Å². The van der Waals surface area contributed by atoms with Gasteiger partial charge in [-0.1, -0.05) is 0 Å². The second kappa shape index (κ2) is 5.36. The number of urea groups is 1. The van der Waals surface area contributed by atoms with E-state index in [4.69, 9.17) is 0 Å². The van der Waals surface area contributed by atoms with E-state index in [1.807, 2.05) is 4.90 Å². The van der Waals surface area contributed by atoms with Crippen LogP contribution in [0.25, 0.3) is 0 Å². The van der Waals surface area contributed by atoms with E-state index >= 15 is 0 Å². The zero-order valence-electron chi connectivity index (χ0n) is 11.8. The lowest BCUT2D eigenvalue weighted by molar-refractivity contribution is -0.150. The van der Waals surface area contributed by atoms with Crippen LogP contribution in [0.5, 0.6) is 0 Å². The molecular weight excluding hydrogens is 246 g/mol. The maximum absolute atomic E-state index is 12.3. The SMILES string of the molecule is CN1CCN(C(=O)N2CCC(C)(C(=O)O)CC2)CC1. The Morgan fingerprint density at radius 1 is 0.947 bits per heavy atom. The summed E-state index contributed by atoms with van der Waals surface area (Å²) in [7, 11) is 2.06. The average Bonchev–Trinajstić information content (AvgIpc) is 2.39. The van der Waals surface area contributed by atoms with Crippen molar-refractivity contribution in [3.05, 3.63) is 0 Å². The van der Waals surface area contributed by atoms with Crippen LogP contribution in [0.1, 0.15) is 19.8 Å². The van der Waals surface area contributed by atoms with E-state index in [9.17, 15) is 14.7 Å². The molecule has 0 bridgehead atoms. The maximum Gasteiger partial charge on any atom is 0.320 e. The Balaban J connectivity index is 1.87. The number of piperidine rings is 1. The number of amides is 2. The van der Waals surface area contributed by atoms with Crippen LogP contribution in [0.3, 0.4) is 0 Å². The largest absolute Gasteiger partial charge is 0.481 e. The summed E-state index contributed by atoms with van der Waals surface area (Å²) in [4.78, 5) is 29.4. The Morgan fingerprint density at radius 3 is 1.89 bits per heavy atom. The number of rotatable bonds is 1. The highest BCUT2D eigenvalue weighted by molar-refractivity contribution is 5.77. The van der Waals surface area contributed by atoms with Crippen LogP contribution in [0.15, 0.2) is 0 Å². The number of carbonyl (C=O) groups is 2. The predicted molar refractivity (Wildman–Crippen MR) is 71.0 cm³/mol. The summed E-state index contributed by atoms with van der Waals surface area (Å²) >= 11 is 0. The molecule has 0 unspecified atom stereocenters. The number of likely N-dealkylation sites (tertiary alicyclic amines) is 1. The molecule has 2 amide bonds. The molecular formula is C13H23N3O3. The van der Waals surface area contributed by atoms with Crippen molar-refractivity contribution >= 4 is 12.0 Å². The van der Waals surface area contributed by atoms with E-state index in [2.05, 4.69) is 11.9 Å². The molecule has 0 saturated carbocycles. The molecule has 2 aliphatic heterocycles. The van der Waals surface area contributed by atoms with E-state index in [-0.39, 0.29) is 6.03 Å². The van der Waals surface area contributed by atoms with E-state index < -0.39 is 11.4 Å². The second-order valence-corrected chi connectivity index (χ2v) is 5.93. The van der Waals surface area contributed by atoms with Gasteiger partial charge in [0.2, 0.25) is 0 Å². The zero-order chi connectivity index (χ0) is 14.0. The first-order valence-corrected chi connectivity index (χ1v) is 6.88. The summed E-state index contributed by atoms with van der Waals surface area (Å²) in [5, 5.41) is 9.18. The summed E-state index contributed by atoms with van der Waals surface area (Å²) in [5.41, 5.74) is -0.668. The molecule has 2 aliphatic rings. The fourth-order valence-corrected chi connectivity index (χ4v) is 2.60. The summed E-state index contributed by atoms with van der Waals surface area (Å²) < 4.78 is 0. The first kappa shape index (κ1) is 14.1. The normalized spacial score (nSPS) is 24.3. The van der Waals surface area contributed by atoms with Crippen LogP contribution in [0.4, 0.5) is 4.79 Å². The molecule has 108 valence electrons. The first-order valence-electron chi connectivity index (χ1n) is 6.88. The van der Waals surface area contributed by atoms with Gasteiger partial charge in [-0.05, 0) is 26.8 Å². The zero-order valence-corrected chi connectivity index (χ0v) is 11.8. The Labute approximate surface area is 114 Å². The Hall–Kier alpha value is -1.30. The van der Waals surface area contributed by atoms with Crippen LogP contribution in [-0.2, 0) is 4.79 Å². The first-order chi connectivity index (χ1) is 8.92. The molecule has 2 rings (SSSR count). The highest BCUT2D eigenvalue weighted by Crippen LogP contribution is 2.31. The van der Waals surface area contributed by atoms with Gasteiger partial charge in [-0.3, -0.25) is 4.79 Å². The van der Waals surface area contributed by atoms with E-state index in [1.165, 1.54) is 0 Å². The number of carbonyl (C=O) groups excluding carboxylic acids is 1. The lowest BCUT2D eigenvalue weighted by Gasteiger charge is -2.40. The van der Waals surface area contributed by atoms with Crippen molar-refractivity contribution in [1.29, 1.82) is 0 Å². The molecule has 0 atom stereocenters. The van der Waals surface area contributed by atoms with Gasteiger partial charge in [0, 0.05) is 39.3 Å². The van der Waals surface area contributed by atoms with E-state index in [0.29, 0.717) is 25.9 Å². The van der Waals surface area contributed by atoms with Crippen molar-refractivity contribution in [2.45, 2.75) is 19.8 Å². The molecule has 2 saturated heterocycles. The smallest absolute Gasteiger partial charge is 0.320 e. The molecule has 6 heteroatoms. The van der Waals surface area contributed by atoms with Crippen LogP contribution < -0.4 is 0 Å². The third kappa shape index (κ3) is 3.00. The summed E-state index contributed by atoms with van der Waals surface area (Å²) in [6.07, 6.45) is 1.09. The molecule has 19 heavy (non-hydrogen) atoms. The van der Waals surface area contributed by atoms with Crippen molar-refractivity contribution in [2.75, 3.05) is 46.3 Å². The molecule has 2 fully saturated rings. The van der Waals surface area contributed by atoms with Crippen LogP contribution >= 0.6 is 0 Å². The molecule has 0 spiro atoms. The van der Waals surface area contributed by atoms with Crippen molar-refractivity contribution in [3.63, 3.8) is 0 Å². The monoisotopic (exact) mass is 269 g/mol. The maximum atomic E-state index is 12.3. The van der Waals surface area contributed by atoms with Crippen LogP contribution in [0.2, 0.25) is 0 Å². The highest BCUT2D eigenvalue weighted by Gasteiger charge is 2.39. The van der Waals surface area contributed by atoms with Crippen LogP contribution in [-0.4, -0.2) is 78.1 Å². The molecule has 1 N–H and O–H groups in total. The lowest BCUT2D eigenvalue weighted by atomic mass is 9.80. The number of piperazine rings is 1. The number of hydrogen-bond donors (Lipinski definition) is 1. The van der Waals surface area contributed by atoms with Gasteiger partial charge in [0.05, 0.1) is 5.41 Å². The third-order valence-electron chi connectivity index (χ3n) is 4.43. The number of carboxylic acids is 1. The minimum absolute atomic E-state index is 0.0699. The molecule has 0 radical (unpaired) electrons. The Morgan fingerprint density at radius 2 is 1.42 bits per heavy atom. The standard InChI is InChI=1S/C13H23N3O3/c1-13(11(17)18)3-5-15(6-4-13)12(19)16-9-7-14(2)8-10-16/h3-10H2,1-2H3,(H,17,18). The van der Waals surface area contributed by atoms with Gasteiger partial charge in [0.1, 0.15) is 0 Å². The van der Waals surface area contributed by atoms with Gasteiger partial charge in [-0.25, -0.2) is 4.79 Å². The molecule has 6 nitrogen and oxygen atoms in total. The number of nitrogens with zero attached hydrogens (tertiary/aromatic N) is 3. The summed E-state index contributed by atoms with van der Waals surface area (Å²) in [5.74, 6) is -0.751. The number of carboxylic acid groups (broad SMARTS) is 1. The minimum atomic E-state index is -0.751. The van der Waals surface area contributed by atoms with Crippen molar-refractivity contribution in [2.24, 2.45) is 5.41 Å². The van der Waals surface area contributed by atoms with Gasteiger partial charge < -0.3 is 19.8 Å². The average molecular weight is 269 g/mol. The quantitative estimate of drug-likeness (QED) is 0.754. The van der Waals surface area contributed by atoms with E-state index in [0.717, 1.165) is 26.2 Å². The van der Waals surface area contributed by atoms with Crippen molar-refractivity contribution in [3.8, 4) is 0 Å². The molecule has 0 aromatic rings. The number of likely N-dealkylation sites (N-methyl/N-ethyl adjacent to an activating group) is 1. The summed E-state index contributed by atoms with van der Waals surface area (Å²) in [6, 6.07) is 0.0699. The lowest BCUT2D eigenvalue weighted by Crippen LogP contribution is -2.54. The molecule has 0 aromatic carbocycles. The van der Waals surface area contributed by atoms with Gasteiger partial charge in [0.25, 0.3) is 0 Å². The minimum Gasteiger partial charge on any atom is -0.481 e. The van der Waals surface area contributed by atoms with E-state index in [1.54, 1.807) is 11.8 Å². The predicted octanol–water partition coefficient (Wildman–Crippen LogP) is 0.540. The Kier molecular flexibility index (Phi) is 3.99. The highest BCUT2D eigenvalue weighted by atomic mass is 16.4. The van der Waals surface area contributed by atoms with Crippen LogP contribution in [0, 0.1) is 5.41 Å². The number of aliphatic carboxylic acids is 1. The molecule has 2 heterocycles. The van der Waals surface area contributed by atoms with Crippen molar-refractivity contribution in [1.82, 2.24) is 14.7 Å². The summed E-state index contributed by atoms with van der Waals surface area (Å²) in [6.45, 7) is 6.22. The van der Waals surface area contributed by atoms with Gasteiger partial charge in [0.15, 0.2) is 0 Å². The van der Waals surface area contributed by atoms with Gasteiger partial charge >= 0.3 is 12.0 Å². The second-order valence-electron chi connectivity index (χ2n) is 5.93. The molecule has 0 aliphatic carbocycles. The number of hydrogen-bond acceptors (Lipinski definition) is 3. The molecule has 0 aromatic heterocycles. The fourth-order valence-electron chi connectivity index (χ4n) is 2.60. The van der Waals surface area contributed by atoms with Gasteiger partial charge in [-0.15, -0.1) is 0 Å². The third-order valence-corrected chi connectivity index (χ3v) is 4.43. The van der Waals surface area contributed by atoms with Gasteiger partial charge in [-0.2, -0.15) is 0 Å². The Bertz CT molecular complexity index is 356. The fraction of sp³-hybridized carbons (Fsp3) is 0.846. The van der Waals surface area contributed by atoms with Crippen molar-refractivity contribution < 1.29 is 14.7 Å².